The Kier molecular flexibility index (Phi) is 24.0. The second kappa shape index (κ2) is 32.2. The first-order valence-electron chi connectivity index (χ1n) is 33.3. The van der Waals surface area contributed by atoms with Gasteiger partial charge in [0.2, 0.25) is 5.78 Å². The predicted molar refractivity (Wildman–Crippen MR) is 419 cm³/mol. The summed E-state index contributed by atoms with van der Waals surface area (Å²) in [7, 11) is 3.58. The fourth-order valence-corrected chi connectivity index (χ4v) is 15.2. The second-order valence-electron chi connectivity index (χ2n) is 26.3. The number of oxazole rings is 1. The SMILES string of the molecule is C=C1Sc2c(C)ccc(C)c2S1.CC1=Nc2c(C)ccc(C)c2C1=O.Cc1ccc(C)c2c1C(=O)N(C)C2=O.Cc1ccc2c(c1)CN(C)CO2.Cc1ccc2cc(C)ccc2c1.Cc1ccc2ccc(C)cc2c1.Cc1nc2c(C)ccc(C)c2o1.Cc1nc2c(C)ccc(C)c2s1. The largest absolute Gasteiger partial charge is 0.478 e. The molecule has 4 aliphatic heterocycles. The summed E-state index contributed by atoms with van der Waals surface area (Å²) in [6.45, 7) is 42.3. The number of aliphatic imine (C=N–C) groups is 1. The van der Waals surface area contributed by atoms with Gasteiger partial charge in [0.05, 0.1) is 43.3 Å². The number of aromatic nitrogens is 2. The molecule has 0 aliphatic carbocycles. The van der Waals surface area contributed by atoms with Crippen molar-refractivity contribution in [2.45, 2.75) is 141 Å². The number of aryl methyl sites for hydroxylation is 17. The van der Waals surface area contributed by atoms with Gasteiger partial charge < -0.3 is 9.15 Å². The number of Topliss-reactive ketones (excluding diaryl/α,β-unsaturated/α-hetero) is 1. The zero-order valence-electron chi connectivity index (χ0n) is 61.1. The molecule has 13 heteroatoms. The third kappa shape index (κ3) is 17.8. The maximum atomic E-state index is 11.7. The van der Waals surface area contributed by atoms with Crippen molar-refractivity contribution in [3.63, 3.8) is 0 Å². The minimum Gasteiger partial charge on any atom is -0.478 e. The quantitative estimate of drug-likeness (QED) is 0.136. The van der Waals surface area contributed by atoms with Gasteiger partial charge in [-0.05, 0) is 208 Å². The number of ether oxygens (including phenoxy) is 1. The van der Waals surface area contributed by atoms with Gasteiger partial charge >= 0.3 is 0 Å². The van der Waals surface area contributed by atoms with Crippen molar-refractivity contribution in [1.29, 1.82) is 0 Å². The first kappa shape index (κ1) is 74.0. The number of nitrogens with zero attached hydrogens (tertiary/aromatic N) is 5. The number of rotatable bonds is 0. The van der Waals surface area contributed by atoms with E-state index in [9.17, 15) is 14.4 Å². The van der Waals surface area contributed by atoms with Crippen LogP contribution in [-0.2, 0) is 6.54 Å². The maximum Gasteiger partial charge on any atom is 0.261 e. The molecule has 0 saturated carbocycles. The molecule has 12 aromatic rings. The van der Waals surface area contributed by atoms with Gasteiger partial charge in [0, 0.05) is 40.1 Å². The standard InChI is InChI=1S/2C12H12.C11H11NO2.C11H11NO.C10H11NO.C10H13NO.C10H11NS.C10H10S2/c1-9-3-5-12-8-10(2)4-6-11(12)7-9;1-9-3-5-11-6-4-10(2)8-12(11)7-9;1-6-4-5-7(2)9-8(6)10(13)12(3)11(9)14;1-6-4-5-7(2)10-9(6)11(13)8(3)12-10;1-6-4-5-7(2)10-9(6)11-8(3)12-10;1-8-3-4-10-9(5-8)6-11(2)7-12-10;2*1-6-4-5-7(2)10-9(6)11-8(3)12-10/h2*3-8H,1-2H3;4-5H,1-3H3;4-5H,1-3H3;4-5H,1-3H3;3-5H,6-7H2,1-2H3;4-5H,1-3H3;4-5H,3H2,1-2H3. The highest BCUT2D eigenvalue weighted by Crippen LogP contribution is 2.52. The Balaban J connectivity index is 0.000000132. The molecule has 508 valence electrons. The molecule has 4 aliphatic rings. The van der Waals surface area contributed by atoms with Crippen molar-refractivity contribution in [2.75, 3.05) is 20.8 Å². The van der Waals surface area contributed by atoms with Crippen LogP contribution >= 0.6 is 34.9 Å². The molecule has 0 atom stereocenters. The predicted octanol–water partition coefficient (Wildman–Crippen LogP) is 22.8. The number of benzene rings is 10. The van der Waals surface area contributed by atoms with Crippen LogP contribution in [0.2, 0.25) is 0 Å². The summed E-state index contributed by atoms with van der Waals surface area (Å²) in [5.41, 5.74) is 25.9. The fraction of sp³-hybridized carbons (Fsp3) is 0.256. The molecule has 0 radical (unpaired) electrons. The van der Waals surface area contributed by atoms with Crippen LogP contribution in [0, 0.1) is 118 Å². The molecule has 2 amide bonds. The lowest BCUT2D eigenvalue weighted by molar-refractivity contribution is 0.0692. The highest BCUT2D eigenvalue weighted by atomic mass is 32.2. The fourth-order valence-electron chi connectivity index (χ4n) is 11.9. The number of imide groups is 1. The Hall–Kier alpha value is -9.24. The summed E-state index contributed by atoms with van der Waals surface area (Å²) in [5, 5.41) is 6.49. The van der Waals surface area contributed by atoms with Crippen molar-refractivity contribution < 1.29 is 23.5 Å². The average molecular weight is 1370 g/mol. The summed E-state index contributed by atoms with van der Waals surface area (Å²) >= 11 is 5.38. The molecule has 0 spiro atoms. The summed E-state index contributed by atoms with van der Waals surface area (Å²) in [6, 6.07) is 53.0. The van der Waals surface area contributed by atoms with E-state index in [2.05, 4.69) is 230 Å². The van der Waals surface area contributed by atoms with Gasteiger partial charge in [-0.1, -0.05) is 204 Å². The molecule has 0 N–H and O–H groups in total. The van der Waals surface area contributed by atoms with Crippen LogP contribution in [0.15, 0.2) is 182 Å². The highest BCUT2D eigenvalue weighted by molar-refractivity contribution is 8.24. The molecule has 0 bridgehead atoms. The normalized spacial score (nSPS) is 13.1. The molecule has 0 fully saturated rings. The minimum atomic E-state index is -0.189. The van der Waals surface area contributed by atoms with E-state index in [-0.39, 0.29) is 17.6 Å². The second-order valence-corrected chi connectivity index (χ2v) is 30.0. The van der Waals surface area contributed by atoms with Crippen LogP contribution < -0.4 is 4.74 Å². The highest BCUT2D eigenvalue weighted by Gasteiger charge is 2.35. The minimum absolute atomic E-state index is 0.0798. The molecule has 0 saturated heterocycles. The topological polar surface area (TPSA) is 118 Å². The Morgan fingerprint density at radius 2 is 0.869 bits per heavy atom. The van der Waals surface area contributed by atoms with Gasteiger partial charge in [-0.3, -0.25) is 24.2 Å². The maximum absolute atomic E-state index is 11.7. The number of carbonyl (C=O) groups is 3. The van der Waals surface area contributed by atoms with E-state index in [0.29, 0.717) is 23.6 Å². The Morgan fingerprint density at radius 3 is 1.38 bits per heavy atom. The summed E-state index contributed by atoms with van der Waals surface area (Å²) in [6.07, 6.45) is 0. The lowest BCUT2D eigenvalue weighted by Crippen LogP contribution is -2.28. The van der Waals surface area contributed by atoms with Gasteiger partial charge in [0.1, 0.15) is 18.0 Å². The molecule has 0 unspecified atom stereocenters. The first-order chi connectivity index (χ1) is 47.0. The third-order valence-electron chi connectivity index (χ3n) is 17.5. The van der Waals surface area contributed by atoms with Crippen LogP contribution in [-0.4, -0.2) is 63.9 Å². The van der Waals surface area contributed by atoms with Crippen LogP contribution in [0.5, 0.6) is 5.75 Å². The van der Waals surface area contributed by atoms with E-state index >= 15 is 0 Å². The van der Waals surface area contributed by atoms with Gasteiger partial charge in [0.15, 0.2) is 11.5 Å². The van der Waals surface area contributed by atoms with Crippen molar-refractivity contribution in [3.8, 4) is 5.75 Å². The number of carbonyl (C=O) groups excluding carboxylic acids is 3. The van der Waals surface area contributed by atoms with E-state index in [4.69, 9.17) is 9.15 Å². The average Bonchev–Trinajstić information content (AvgIpc) is 1.63. The lowest BCUT2D eigenvalue weighted by atomic mass is 9.99. The van der Waals surface area contributed by atoms with Crippen molar-refractivity contribution in [1.82, 2.24) is 19.8 Å². The third-order valence-corrected chi connectivity index (χ3v) is 21.2. The zero-order chi connectivity index (χ0) is 71.8. The van der Waals surface area contributed by atoms with Crippen LogP contribution in [0.3, 0.4) is 0 Å². The molecule has 10 aromatic carbocycles. The van der Waals surface area contributed by atoms with Crippen LogP contribution in [0.1, 0.15) is 138 Å². The van der Waals surface area contributed by atoms with E-state index in [0.717, 1.165) is 73.4 Å². The summed E-state index contributed by atoms with van der Waals surface area (Å²) in [5.74, 6) is 1.48. The van der Waals surface area contributed by atoms with Crippen molar-refractivity contribution >= 4 is 107 Å². The van der Waals surface area contributed by atoms with E-state index in [1.165, 1.54) is 119 Å². The van der Waals surface area contributed by atoms with Gasteiger partial charge in [0.25, 0.3) is 11.8 Å². The number of ketones is 1. The van der Waals surface area contributed by atoms with E-state index in [1.54, 1.807) is 41.8 Å². The molecule has 2 aromatic heterocycles. The van der Waals surface area contributed by atoms with Crippen molar-refractivity contribution in [3.05, 3.63) is 279 Å². The van der Waals surface area contributed by atoms with E-state index in [1.807, 2.05) is 72.7 Å². The molecular weight excluding hydrogens is 1280 g/mol. The Labute approximate surface area is 597 Å². The molecule has 6 heterocycles. The number of amides is 2. The summed E-state index contributed by atoms with van der Waals surface area (Å²) < 4.78 is 13.5. The molecule has 10 nitrogen and oxygen atoms in total. The number of hydrogen-bond acceptors (Lipinski definition) is 12. The zero-order valence-corrected chi connectivity index (χ0v) is 63.5. The first-order valence-corrected chi connectivity index (χ1v) is 35.7. The number of fused-ring (bicyclic) bond motifs is 8. The molecule has 16 rings (SSSR count). The number of hydrogen-bond donors (Lipinski definition) is 0. The van der Waals surface area contributed by atoms with Gasteiger partial charge in [-0.2, -0.15) is 0 Å². The Morgan fingerprint density at radius 1 is 0.434 bits per heavy atom. The number of thiazole rings is 1. The smallest absolute Gasteiger partial charge is 0.261 e. The van der Waals surface area contributed by atoms with Crippen LogP contribution in [0.4, 0.5) is 5.69 Å². The van der Waals surface area contributed by atoms with Gasteiger partial charge in [-0.15, -0.1) is 11.3 Å². The van der Waals surface area contributed by atoms with Crippen molar-refractivity contribution in [2.24, 2.45) is 4.99 Å². The monoisotopic (exact) mass is 1370 g/mol. The summed E-state index contributed by atoms with van der Waals surface area (Å²) in [4.78, 5) is 54.2. The van der Waals surface area contributed by atoms with Crippen LogP contribution in [0.25, 0.3) is 42.9 Å². The molecular formula is C86H91N5O5S3. The Bertz CT molecular complexity index is 4820. The van der Waals surface area contributed by atoms with E-state index < -0.39 is 0 Å². The molecule has 99 heavy (non-hydrogen) atoms. The van der Waals surface area contributed by atoms with Gasteiger partial charge in [-0.25, -0.2) is 15.0 Å². The number of thioether (sulfide) groups is 2. The lowest BCUT2D eigenvalue weighted by Gasteiger charge is -2.25.